The zero-order valence-electron chi connectivity index (χ0n) is 11.9. The molecule has 0 bridgehead atoms. The quantitative estimate of drug-likeness (QED) is 0.671. The summed E-state index contributed by atoms with van der Waals surface area (Å²) in [6.07, 6.45) is 0. The van der Waals surface area contributed by atoms with Gasteiger partial charge in [0.2, 0.25) is 0 Å². The lowest BCUT2D eigenvalue weighted by Crippen LogP contribution is -2.21. The summed E-state index contributed by atoms with van der Waals surface area (Å²) in [5.41, 5.74) is 1.98. The van der Waals surface area contributed by atoms with Crippen LogP contribution in [0.4, 0.5) is 0 Å². The van der Waals surface area contributed by atoms with Crippen LogP contribution in [-0.2, 0) is 0 Å². The average Bonchev–Trinajstić information content (AvgIpc) is 2.44. The fourth-order valence-corrected chi connectivity index (χ4v) is 1.91. The van der Waals surface area contributed by atoms with Crippen molar-refractivity contribution in [2.75, 3.05) is 0 Å². The molecule has 1 aromatic carbocycles. The fourth-order valence-electron chi connectivity index (χ4n) is 1.79. The number of halogens is 1. The minimum atomic E-state index is -0.723. The zero-order chi connectivity index (χ0) is 16.3. The third-order valence-electron chi connectivity index (χ3n) is 2.85. The van der Waals surface area contributed by atoms with E-state index in [1.54, 1.807) is 31.2 Å². The predicted octanol–water partition coefficient (Wildman–Crippen LogP) is 2.46. The van der Waals surface area contributed by atoms with Gasteiger partial charge in [-0.05, 0) is 38.1 Å². The molecule has 0 fully saturated rings. The minimum absolute atomic E-state index is 0.0954. The highest BCUT2D eigenvalue weighted by Crippen LogP contribution is 2.15. The van der Waals surface area contributed by atoms with Crippen LogP contribution < -0.4 is 11.1 Å². The van der Waals surface area contributed by atoms with E-state index in [4.69, 9.17) is 16.0 Å². The van der Waals surface area contributed by atoms with E-state index >= 15 is 0 Å². The molecule has 1 amide bonds. The van der Waals surface area contributed by atoms with Crippen molar-refractivity contribution in [3.63, 3.8) is 0 Å². The van der Waals surface area contributed by atoms with Gasteiger partial charge in [-0.3, -0.25) is 4.79 Å². The Morgan fingerprint density at radius 2 is 1.95 bits per heavy atom. The van der Waals surface area contributed by atoms with Gasteiger partial charge in [0.05, 0.1) is 5.71 Å². The van der Waals surface area contributed by atoms with Crippen LogP contribution in [0.15, 0.2) is 44.6 Å². The summed E-state index contributed by atoms with van der Waals surface area (Å²) < 4.78 is 4.89. The molecule has 2 rings (SSSR count). The lowest BCUT2D eigenvalue weighted by molar-refractivity contribution is 0.0955. The Kier molecular flexibility index (Phi) is 4.62. The predicted molar refractivity (Wildman–Crippen MR) is 82.5 cm³/mol. The summed E-state index contributed by atoms with van der Waals surface area (Å²) in [4.78, 5) is 23.6. The first-order valence-corrected chi connectivity index (χ1v) is 6.70. The maximum Gasteiger partial charge on any atom is 0.348 e. The number of hydrogen-bond acceptors (Lipinski definition) is 5. The molecule has 2 aromatic rings. The van der Waals surface area contributed by atoms with Crippen LogP contribution in [0.1, 0.15) is 28.6 Å². The maximum absolute atomic E-state index is 11.9. The second kappa shape index (κ2) is 6.44. The van der Waals surface area contributed by atoms with Crippen LogP contribution in [0.3, 0.4) is 0 Å². The molecule has 0 unspecified atom stereocenters. The molecule has 7 heteroatoms. The van der Waals surface area contributed by atoms with Crippen LogP contribution in [0, 0.1) is 6.92 Å². The molecule has 1 aromatic heterocycles. The molecule has 6 nitrogen and oxygen atoms in total. The van der Waals surface area contributed by atoms with Crippen molar-refractivity contribution in [1.29, 1.82) is 0 Å². The summed E-state index contributed by atoms with van der Waals surface area (Å²) in [7, 11) is 0. The summed E-state index contributed by atoms with van der Waals surface area (Å²) in [6, 6.07) is 7.54. The first-order valence-electron chi connectivity index (χ1n) is 6.33. The number of aryl methyl sites for hydroxylation is 1. The smallest absolute Gasteiger partial charge is 0.348 e. The number of hydrogen-bond donors (Lipinski definition) is 2. The van der Waals surface area contributed by atoms with E-state index < -0.39 is 11.5 Å². The molecule has 0 spiro atoms. The van der Waals surface area contributed by atoms with Crippen LogP contribution in [0.5, 0.6) is 5.75 Å². The Morgan fingerprint density at radius 3 is 2.55 bits per heavy atom. The van der Waals surface area contributed by atoms with Gasteiger partial charge >= 0.3 is 5.63 Å². The van der Waals surface area contributed by atoms with Crippen molar-refractivity contribution in [2.24, 2.45) is 5.10 Å². The summed E-state index contributed by atoms with van der Waals surface area (Å²) >= 11 is 5.74. The average molecular weight is 321 g/mol. The Morgan fingerprint density at radius 1 is 1.32 bits per heavy atom. The topological polar surface area (TPSA) is 91.9 Å². The maximum atomic E-state index is 11.9. The SMILES string of the molecule is C/C(=N/NC(=O)c1ccc(Cl)cc1)c1c(O)cc(C)oc1=O. The number of carbonyl (C=O) groups is 1. The fraction of sp³-hybridized carbons (Fsp3) is 0.133. The highest BCUT2D eigenvalue weighted by atomic mass is 35.5. The minimum Gasteiger partial charge on any atom is -0.507 e. The summed E-state index contributed by atoms with van der Waals surface area (Å²) in [5, 5.41) is 14.1. The van der Waals surface area contributed by atoms with Gasteiger partial charge in [0.25, 0.3) is 5.91 Å². The van der Waals surface area contributed by atoms with Crippen molar-refractivity contribution >= 4 is 23.2 Å². The van der Waals surface area contributed by atoms with Crippen LogP contribution in [-0.4, -0.2) is 16.7 Å². The number of aromatic hydroxyl groups is 1. The molecule has 2 N–H and O–H groups in total. The van der Waals surface area contributed by atoms with Gasteiger partial charge in [-0.2, -0.15) is 5.10 Å². The Labute approximate surface area is 131 Å². The van der Waals surface area contributed by atoms with Crippen molar-refractivity contribution in [1.82, 2.24) is 5.43 Å². The molecule has 22 heavy (non-hydrogen) atoms. The molecule has 1 heterocycles. The number of rotatable bonds is 3. The van der Waals surface area contributed by atoms with E-state index in [1.165, 1.54) is 13.0 Å². The number of nitrogens with zero attached hydrogens (tertiary/aromatic N) is 1. The molecule has 0 radical (unpaired) electrons. The van der Waals surface area contributed by atoms with Gasteiger partial charge in [0, 0.05) is 16.7 Å². The summed E-state index contributed by atoms with van der Waals surface area (Å²) in [6.45, 7) is 3.02. The lowest BCUT2D eigenvalue weighted by atomic mass is 10.2. The van der Waals surface area contributed by atoms with Gasteiger partial charge in [-0.1, -0.05) is 11.6 Å². The molecule has 114 valence electrons. The number of benzene rings is 1. The van der Waals surface area contributed by atoms with Crippen molar-refractivity contribution < 1.29 is 14.3 Å². The van der Waals surface area contributed by atoms with Crippen molar-refractivity contribution in [3.05, 3.63) is 62.7 Å². The van der Waals surface area contributed by atoms with Crippen molar-refractivity contribution in [3.8, 4) is 5.75 Å². The van der Waals surface area contributed by atoms with Gasteiger partial charge in [-0.15, -0.1) is 0 Å². The normalized spacial score (nSPS) is 11.3. The molecule has 0 saturated carbocycles. The molecular formula is C15H13ClN2O4. The number of nitrogens with one attached hydrogen (secondary N) is 1. The van der Waals surface area contributed by atoms with Crippen LogP contribution in [0.2, 0.25) is 5.02 Å². The Balaban J connectivity index is 2.22. The number of amides is 1. The zero-order valence-corrected chi connectivity index (χ0v) is 12.6. The van der Waals surface area contributed by atoms with Crippen LogP contribution >= 0.6 is 11.6 Å². The van der Waals surface area contributed by atoms with Gasteiger partial charge in [0.1, 0.15) is 17.1 Å². The second-order valence-corrected chi connectivity index (χ2v) is 4.99. The van der Waals surface area contributed by atoms with Crippen molar-refractivity contribution in [2.45, 2.75) is 13.8 Å². The highest BCUT2D eigenvalue weighted by Gasteiger charge is 2.13. The van der Waals surface area contributed by atoms with Gasteiger partial charge in [0.15, 0.2) is 0 Å². The standard InChI is InChI=1S/C15H13ClN2O4/c1-8-7-12(19)13(15(21)22-8)9(2)17-18-14(20)10-3-5-11(16)6-4-10/h3-7,19H,1-2H3,(H,18,20)/b17-9-. The van der Waals surface area contributed by atoms with E-state index in [2.05, 4.69) is 10.5 Å². The molecular weight excluding hydrogens is 308 g/mol. The monoisotopic (exact) mass is 320 g/mol. The molecule has 0 aliphatic carbocycles. The molecule has 0 atom stereocenters. The highest BCUT2D eigenvalue weighted by molar-refractivity contribution is 6.30. The van der Waals surface area contributed by atoms with E-state index in [9.17, 15) is 14.7 Å². The number of hydrazone groups is 1. The van der Waals surface area contributed by atoms with E-state index in [1.807, 2.05) is 0 Å². The second-order valence-electron chi connectivity index (χ2n) is 4.55. The van der Waals surface area contributed by atoms with E-state index in [0.717, 1.165) is 0 Å². The van der Waals surface area contributed by atoms with Gasteiger partial charge in [-0.25, -0.2) is 10.2 Å². The lowest BCUT2D eigenvalue weighted by Gasteiger charge is -2.04. The first kappa shape index (κ1) is 15.8. The molecule has 0 aliphatic heterocycles. The third kappa shape index (κ3) is 3.53. The number of carbonyl (C=O) groups excluding carboxylic acids is 1. The first-order chi connectivity index (χ1) is 10.4. The van der Waals surface area contributed by atoms with E-state index in [-0.39, 0.29) is 22.8 Å². The third-order valence-corrected chi connectivity index (χ3v) is 3.10. The summed E-state index contributed by atoms with van der Waals surface area (Å²) in [5.74, 6) is -0.438. The largest absolute Gasteiger partial charge is 0.507 e. The molecule has 0 aliphatic rings. The van der Waals surface area contributed by atoms with Crippen LogP contribution in [0.25, 0.3) is 0 Å². The van der Waals surface area contributed by atoms with E-state index in [0.29, 0.717) is 10.6 Å². The Bertz CT molecular complexity index is 794. The Hall–Kier alpha value is -2.60. The van der Waals surface area contributed by atoms with Gasteiger partial charge < -0.3 is 9.52 Å². The molecule has 0 saturated heterocycles.